The number of likely N-dealkylation sites (N-methyl/N-ethyl adjacent to an activating group) is 1. The summed E-state index contributed by atoms with van der Waals surface area (Å²) >= 11 is 6.32. The van der Waals surface area contributed by atoms with E-state index in [-0.39, 0.29) is 35.1 Å². The Kier molecular flexibility index (Phi) is 6.57. The second kappa shape index (κ2) is 8.95. The van der Waals surface area contributed by atoms with E-state index in [1.54, 1.807) is 18.9 Å². The van der Waals surface area contributed by atoms with Crippen molar-refractivity contribution < 1.29 is 18.7 Å². The molecule has 0 saturated heterocycles. The van der Waals surface area contributed by atoms with Gasteiger partial charge in [-0.05, 0) is 62.8 Å². The quantitative estimate of drug-likeness (QED) is 0.680. The summed E-state index contributed by atoms with van der Waals surface area (Å²) in [5.74, 6) is -0.642. The van der Waals surface area contributed by atoms with Crippen LogP contribution in [0.4, 0.5) is 4.39 Å². The lowest BCUT2D eigenvalue weighted by molar-refractivity contribution is -0.136. The number of esters is 1. The zero-order valence-electron chi connectivity index (χ0n) is 16.8. The molecule has 2 aromatic rings. The Morgan fingerprint density at radius 2 is 1.86 bits per heavy atom. The Hall–Kier alpha value is -2.41. The zero-order chi connectivity index (χ0) is 21.1. The van der Waals surface area contributed by atoms with Gasteiger partial charge >= 0.3 is 5.97 Å². The van der Waals surface area contributed by atoms with E-state index in [0.29, 0.717) is 17.3 Å². The summed E-state index contributed by atoms with van der Waals surface area (Å²) in [7, 11) is 1.75. The van der Waals surface area contributed by atoms with Gasteiger partial charge in [0.2, 0.25) is 0 Å². The van der Waals surface area contributed by atoms with Crippen molar-refractivity contribution in [2.45, 2.75) is 45.6 Å². The van der Waals surface area contributed by atoms with E-state index < -0.39 is 5.97 Å². The van der Waals surface area contributed by atoms with Crippen LogP contribution in [-0.2, 0) is 9.53 Å². The molecule has 0 unspecified atom stereocenters. The van der Waals surface area contributed by atoms with E-state index in [1.807, 2.05) is 0 Å². The molecule has 1 aromatic heterocycles. The molecule has 0 N–H and O–H groups in total. The largest absolute Gasteiger partial charge is 0.452 e. The van der Waals surface area contributed by atoms with Gasteiger partial charge in [0, 0.05) is 13.1 Å². The fourth-order valence-corrected chi connectivity index (χ4v) is 3.97. The molecule has 1 aromatic carbocycles. The molecule has 8 heteroatoms. The van der Waals surface area contributed by atoms with Crippen LogP contribution in [0.25, 0.3) is 5.69 Å². The molecule has 156 valence electrons. The molecular formula is C21H25ClFN3O3. The van der Waals surface area contributed by atoms with Crippen LogP contribution in [0.15, 0.2) is 24.3 Å². The summed E-state index contributed by atoms with van der Waals surface area (Å²) in [4.78, 5) is 26.7. The Balaban J connectivity index is 1.65. The van der Waals surface area contributed by atoms with Crippen LogP contribution in [0.3, 0.4) is 0 Å². The number of carbonyl (C=O) groups is 2. The fraction of sp³-hybridized carbons (Fsp3) is 0.476. The van der Waals surface area contributed by atoms with Gasteiger partial charge in [-0.3, -0.25) is 4.79 Å². The molecule has 0 bridgehead atoms. The third-order valence-electron chi connectivity index (χ3n) is 5.53. The third-order valence-corrected chi connectivity index (χ3v) is 5.88. The lowest BCUT2D eigenvalue weighted by Crippen LogP contribution is -2.41. The summed E-state index contributed by atoms with van der Waals surface area (Å²) in [6.07, 6.45) is 4.12. The van der Waals surface area contributed by atoms with Crippen molar-refractivity contribution in [1.82, 2.24) is 14.7 Å². The van der Waals surface area contributed by atoms with Gasteiger partial charge < -0.3 is 9.64 Å². The van der Waals surface area contributed by atoms with Crippen molar-refractivity contribution in [2.24, 2.45) is 5.92 Å². The minimum Gasteiger partial charge on any atom is -0.452 e. The Bertz CT molecular complexity index is 889. The number of benzene rings is 1. The number of amides is 1. The van der Waals surface area contributed by atoms with Crippen LogP contribution in [-0.4, -0.2) is 46.3 Å². The predicted octanol–water partition coefficient (Wildman–Crippen LogP) is 4.17. The average molecular weight is 422 g/mol. The minimum atomic E-state index is -0.708. The maximum absolute atomic E-state index is 13.1. The van der Waals surface area contributed by atoms with Gasteiger partial charge in [0.15, 0.2) is 6.61 Å². The topological polar surface area (TPSA) is 64.4 Å². The molecule has 1 amide bonds. The molecule has 29 heavy (non-hydrogen) atoms. The molecule has 1 saturated carbocycles. The van der Waals surface area contributed by atoms with Crippen molar-refractivity contribution in [3.8, 4) is 5.69 Å². The molecule has 1 aliphatic rings. The number of aryl methyl sites for hydroxylation is 1. The highest BCUT2D eigenvalue weighted by atomic mass is 35.5. The molecule has 3 rings (SSSR count). The molecule has 0 spiro atoms. The zero-order valence-corrected chi connectivity index (χ0v) is 17.6. The van der Waals surface area contributed by atoms with Gasteiger partial charge in [0.05, 0.1) is 11.4 Å². The van der Waals surface area contributed by atoms with Crippen molar-refractivity contribution in [3.63, 3.8) is 0 Å². The SMILES string of the molecule is Cc1nn(-c2ccc(F)cc2)c(Cl)c1C(=O)OCC(=O)N(C)C1CCC(C)CC1. The third kappa shape index (κ3) is 4.78. The van der Waals surface area contributed by atoms with Crippen LogP contribution in [0.2, 0.25) is 5.15 Å². The van der Waals surface area contributed by atoms with Crippen LogP contribution in [0.1, 0.15) is 48.7 Å². The van der Waals surface area contributed by atoms with E-state index in [0.717, 1.165) is 25.7 Å². The second-order valence-electron chi connectivity index (χ2n) is 7.63. The molecule has 0 atom stereocenters. The molecule has 0 aliphatic heterocycles. The van der Waals surface area contributed by atoms with Crippen molar-refractivity contribution in [1.29, 1.82) is 0 Å². The first-order valence-electron chi connectivity index (χ1n) is 9.71. The number of nitrogens with zero attached hydrogens (tertiary/aromatic N) is 3. The molecule has 1 aliphatic carbocycles. The first kappa shape index (κ1) is 21.3. The summed E-state index contributed by atoms with van der Waals surface area (Å²) in [5.41, 5.74) is 0.977. The number of hydrogen-bond acceptors (Lipinski definition) is 4. The van der Waals surface area contributed by atoms with E-state index in [9.17, 15) is 14.0 Å². The van der Waals surface area contributed by atoms with Gasteiger partial charge in [-0.15, -0.1) is 0 Å². The number of ether oxygens (including phenoxy) is 1. The van der Waals surface area contributed by atoms with E-state index in [4.69, 9.17) is 16.3 Å². The molecule has 1 heterocycles. The number of hydrogen-bond donors (Lipinski definition) is 0. The Labute approximate surface area is 174 Å². The van der Waals surface area contributed by atoms with Gasteiger partial charge in [-0.25, -0.2) is 13.9 Å². The number of rotatable bonds is 5. The summed E-state index contributed by atoms with van der Waals surface area (Å²) in [6.45, 7) is 3.50. The highest BCUT2D eigenvalue weighted by molar-refractivity contribution is 6.33. The highest BCUT2D eigenvalue weighted by Gasteiger charge is 2.27. The predicted molar refractivity (Wildman–Crippen MR) is 108 cm³/mol. The summed E-state index contributed by atoms with van der Waals surface area (Å²) < 4.78 is 19.7. The molecule has 6 nitrogen and oxygen atoms in total. The maximum atomic E-state index is 13.1. The van der Waals surface area contributed by atoms with Gasteiger partial charge in [0.1, 0.15) is 16.5 Å². The average Bonchev–Trinajstić information content (AvgIpc) is 3.00. The monoisotopic (exact) mass is 421 g/mol. The normalized spacial score (nSPS) is 19.1. The summed E-state index contributed by atoms with van der Waals surface area (Å²) in [6, 6.07) is 5.75. The minimum absolute atomic E-state index is 0.0566. The van der Waals surface area contributed by atoms with Gasteiger partial charge in [-0.1, -0.05) is 18.5 Å². The fourth-order valence-electron chi connectivity index (χ4n) is 3.62. The highest BCUT2D eigenvalue weighted by Crippen LogP contribution is 2.27. The van der Waals surface area contributed by atoms with Crippen molar-refractivity contribution >= 4 is 23.5 Å². The van der Waals surface area contributed by atoms with E-state index in [2.05, 4.69) is 12.0 Å². The van der Waals surface area contributed by atoms with Crippen LogP contribution >= 0.6 is 11.6 Å². The Morgan fingerprint density at radius 3 is 2.48 bits per heavy atom. The smallest absolute Gasteiger partial charge is 0.343 e. The number of carbonyl (C=O) groups excluding carboxylic acids is 2. The van der Waals surface area contributed by atoms with Crippen LogP contribution < -0.4 is 0 Å². The lowest BCUT2D eigenvalue weighted by atomic mass is 9.87. The second-order valence-corrected chi connectivity index (χ2v) is 7.99. The molecular weight excluding hydrogens is 397 g/mol. The Morgan fingerprint density at radius 1 is 1.24 bits per heavy atom. The van der Waals surface area contributed by atoms with E-state index >= 15 is 0 Å². The summed E-state index contributed by atoms with van der Waals surface area (Å²) in [5, 5.41) is 4.30. The van der Waals surface area contributed by atoms with Gasteiger partial charge in [-0.2, -0.15) is 5.10 Å². The number of aromatic nitrogens is 2. The van der Waals surface area contributed by atoms with Crippen LogP contribution in [0, 0.1) is 18.7 Å². The first-order chi connectivity index (χ1) is 13.8. The first-order valence-corrected chi connectivity index (χ1v) is 10.1. The van der Waals surface area contributed by atoms with Gasteiger partial charge in [0.25, 0.3) is 5.91 Å². The van der Waals surface area contributed by atoms with Crippen molar-refractivity contribution in [2.75, 3.05) is 13.7 Å². The van der Waals surface area contributed by atoms with Crippen LogP contribution in [0.5, 0.6) is 0 Å². The molecule has 0 radical (unpaired) electrons. The number of halogens is 2. The lowest BCUT2D eigenvalue weighted by Gasteiger charge is -2.33. The van der Waals surface area contributed by atoms with E-state index in [1.165, 1.54) is 28.9 Å². The molecule has 1 fully saturated rings. The van der Waals surface area contributed by atoms with Crippen molar-refractivity contribution in [3.05, 3.63) is 46.5 Å². The standard InChI is InChI=1S/C21H25ClFN3O3/c1-13-4-8-16(9-5-13)25(3)18(27)12-29-21(28)19-14(2)24-26(20(19)22)17-10-6-15(23)7-11-17/h6-7,10-11,13,16H,4-5,8-9,12H2,1-3H3. The maximum Gasteiger partial charge on any atom is 0.343 e.